The van der Waals surface area contributed by atoms with Crippen LogP contribution in [0.25, 0.3) is 0 Å². The van der Waals surface area contributed by atoms with E-state index in [-0.39, 0.29) is 0 Å². The molecule has 12 heavy (non-hydrogen) atoms. The van der Waals surface area contributed by atoms with Gasteiger partial charge in [0.1, 0.15) is 0 Å². The van der Waals surface area contributed by atoms with E-state index in [9.17, 15) is 0 Å². The molecular formula is C11H22O. The highest BCUT2D eigenvalue weighted by molar-refractivity contribution is 5.07. The molecule has 0 aliphatic carbocycles. The van der Waals surface area contributed by atoms with E-state index in [2.05, 4.69) is 11.3 Å². The molecule has 0 N–H and O–H groups in total. The van der Waals surface area contributed by atoms with Crippen molar-refractivity contribution in [2.75, 3.05) is 14.2 Å². The van der Waals surface area contributed by atoms with Crippen LogP contribution < -0.4 is 0 Å². The highest BCUT2D eigenvalue weighted by Gasteiger charge is 1.52. The maximum atomic E-state index is 4.25. The molecule has 1 heteroatoms. The van der Waals surface area contributed by atoms with E-state index in [1.54, 1.807) is 20.3 Å². The van der Waals surface area contributed by atoms with Crippen LogP contribution in [-0.4, -0.2) is 14.2 Å². The minimum atomic E-state index is 1.62. The average molecular weight is 170 g/mol. The van der Waals surface area contributed by atoms with Crippen LogP contribution in [0.15, 0.2) is 37.0 Å². The van der Waals surface area contributed by atoms with E-state index >= 15 is 0 Å². The van der Waals surface area contributed by atoms with Gasteiger partial charge < -0.3 is 4.74 Å². The Balaban J connectivity index is -0.000000137. The van der Waals surface area contributed by atoms with Crippen molar-refractivity contribution in [1.82, 2.24) is 0 Å². The first-order chi connectivity index (χ1) is 5.83. The van der Waals surface area contributed by atoms with Crippen molar-refractivity contribution in [2.45, 2.75) is 20.8 Å². The van der Waals surface area contributed by atoms with E-state index in [0.29, 0.717) is 0 Å². The molecule has 0 unspecified atom stereocenters. The van der Waals surface area contributed by atoms with Gasteiger partial charge in [0.2, 0.25) is 0 Å². The largest absolute Gasteiger partial charge is 0.388 e. The van der Waals surface area contributed by atoms with Gasteiger partial charge in [-0.3, -0.25) is 0 Å². The zero-order valence-electron chi connectivity index (χ0n) is 9.00. The van der Waals surface area contributed by atoms with E-state index in [4.69, 9.17) is 0 Å². The van der Waals surface area contributed by atoms with Crippen LogP contribution in [0.5, 0.6) is 0 Å². The van der Waals surface area contributed by atoms with E-state index in [1.165, 1.54) is 0 Å². The fourth-order valence-electron chi connectivity index (χ4n) is 0.254. The number of ether oxygens (including phenoxy) is 1. The van der Waals surface area contributed by atoms with Crippen molar-refractivity contribution in [3.05, 3.63) is 37.0 Å². The SMILES string of the molecule is C=C/C=C\C=C/C.CC.COC. The molecule has 0 rings (SSSR count). The molecule has 1 nitrogen and oxygen atoms in total. The van der Waals surface area contributed by atoms with Crippen LogP contribution in [-0.2, 0) is 4.74 Å². The van der Waals surface area contributed by atoms with Crippen molar-refractivity contribution in [3.8, 4) is 0 Å². The third-order valence-electron chi connectivity index (χ3n) is 0.551. The molecule has 0 atom stereocenters. The van der Waals surface area contributed by atoms with Crippen LogP contribution in [0.3, 0.4) is 0 Å². The fourth-order valence-corrected chi connectivity index (χ4v) is 0.254. The van der Waals surface area contributed by atoms with Gasteiger partial charge in [-0.1, -0.05) is 50.8 Å². The molecule has 0 spiro atoms. The summed E-state index contributed by atoms with van der Waals surface area (Å²) in [5.41, 5.74) is 0. The summed E-state index contributed by atoms with van der Waals surface area (Å²) >= 11 is 0. The Morgan fingerprint density at radius 1 is 1.00 bits per heavy atom. The molecule has 0 saturated carbocycles. The summed E-state index contributed by atoms with van der Waals surface area (Å²) in [6.07, 6.45) is 9.51. The maximum Gasteiger partial charge on any atom is 0.0351 e. The van der Waals surface area contributed by atoms with Crippen LogP contribution >= 0.6 is 0 Å². The van der Waals surface area contributed by atoms with Gasteiger partial charge in [-0.25, -0.2) is 0 Å². The minimum absolute atomic E-state index is 1.62. The van der Waals surface area contributed by atoms with Gasteiger partial charge >= 0.3 is 0 Å². The summed E-state index contributed by atoms with van der Waals surface area (Å²) in [5, 5.41) is 0. The lowest BCUT2D eigenvalue weighted by Gasteiger charge is -1.65. The summed E-state index contributed by atoms with van der Waals surface area (Å²) in [6, 6.07) is 0. The molecule has 0 aliphatic rings. The zero-order chi connectivity index (χ0) is 10.2. The van der Waals surface area contributed by atoms with Crippen LogP contribution in [0, 0.1) is 0 Å². The molecule has 0 aromatic heterocycles. The monoisotopic (exact) mass is 170 g/mol. The average Bonchev–Trinajstić information content (AvgIpc) is 2.11. The summed E-state index contributed by atoms with van der Waals surface area (Å²) in [6.45, 7) is 9.49. The molecule has 0 bridgehead atoms. The Morgan fingerprint density at radius 2 is 1.42 bits per heavy atom. The Hall–Kier alpha value is -0.820. The van der Waals surface area contributed by atoms with Gasteiger partial charge in [0.25, 0.3) is 0 Å². The van der Waals surface area contributed by atoms with Gasteiger partial charge in [-0.05, 0) is 6.92 Å². The second-order valence-corrected chi connectivity index (χ2v) is 1.55. The number of hydrogen-bond acceptors (Lipinski definition) is 1. The van der Waals surface area contributed by atoms with Crippen LogP contribution in [0.2, 0.25) is 0 Å². The summed E-state index contributed by atoms with van der Waals surface area (Å²) in [5.74, 6) is 0. The van der Waals surface area contributed by atoms with Crippen molar-refractivity contribution in [2.24, 2.45) is 0 Å². The van der Waals surface area contributed by atoms with Crippen molar-refractivity contribution in [1.29, 1.82) is 0 Å². The third kappa shape index (κ3) is 60.7. The smallest absolute Gasteiger partial charge is 0.0351 e. The topological polar surface area (TPSA) is 9.23 Å². The van der Waals surface area contributed by atoms with Crippen molar-refractivity contribution in [3.63, 3.8) is 0 Å². The molecule has 0 aromatic rings. The molecule has 0 aliphatic heterocycles. The van der Waals surface area contributed by atoms with Gasteiger partial charge in [0.15, 0.2) is 0 Å². The zero-order valence-corrected chi connectivity index (χ0v) is 9.00. The first kappa shape index (κ1) is 17.3. The first-order valence-corrected chi connectivity index (χ1v) is 4.14. The van der Waals surface area contributed by atoms with Gasteiger partial charge in [0.05, 0.1) is 0 Å². The summed E-state index contributed by atoms with van der Waals surface area (Å²) in [4.78, 5) is 0. The van der Waals surface area contributed by atoms with E-state index in [0.717, 1.165) is 0 Å². The number of rotatable bonds is 2. The lowest BCUT2D eigenvalue weighted by Crippen LogP contribution is -1.55. The molecule has 72 valence electrons. The van der Waals surface area contributed by atoms with Crippen LogP contribution in [0.4, 0.5) is 0 Å². The lowest BCUT2D eigenvalue weighted by atomic mass is 10.4. The Morgan fingerprint density at radius 3 is 1.67 bits per heavy atom. The number of hydrogen-bond donors (Lipinski definition) is 0. The van der Waals surface area contributed by atoms with Crippen LogP contribution in [0.1, 0.15) is 20.8 Å². The molecule has 0 fully saturated rings. The molecule has 0 saturated heterocycles. The Labute approximate surface area is 77.4 Å². The summed E-state index contributed by atoms with van der Waals surface area (Å²) < 4.78 is 4.25. The van der Waals surface area contributed by atoms with Gasteiger partial charge in [-0.2, -0.15) is 0 Å². The van der Waals surface area contributed by atoms with Crippen molar-refractivity contribution >= 4 is 0 Å². The minimum Gasteiger partial charge on any atom is -0.388 e. The van der Waals surface area contributed by atoms with Gasteiger partial charge in [-0.15, -0.1) is 0 Å². The Bertz CT molecular complexity index is 102. The standard InChI is InChI=1S/C7H10.C2H6O.C2H6/c1-3-5-7-6-4-2;1-3-2;1-2/h3-7H,1H2,2H3;1-2H3;1-2H3/b6-4-,7-5-;;. The molecule has 0 radical (unpaired) electrons. The fraction of sp³-hybridized carbons (Fsp3) is 0.455. The predicted molar refractivity (Wildman–Crippen MR) is 58.4 cm³/mol. The molecule has 0 aromatic carbocycles. The van der Waals surface area contributed by atoms with Crippen molar-refractivity contribution < 1.29 is 4.74 Å². The third-order valence-corrected chi connectivity index (χ3v) is 0.551. The highest BCUT2D eigenvalue weighted by Crippen LogP contribution is 1.74. The quantitative estimate of drug-likeness (QED) is 0.575. The number of methoxy groups -OCH3 is 1. The maximum absolute atomic E-state index is 4.25. The predicted octanol–water partition coefficient (Wildman–Crippen LogP) is 3.59. The summed E-state index contributed by atoms with van der Waals surface area (Å²) in [7, 11) is 3.25. The lowest BCUT2D eigenvalue weighted by molar-refractivity contribution is 0.277. The molecule has 0 amide bonds. The Kier molecular flexibility index (Phi) is 46.1. The first-order valence-electron chi connectivity index (χ1n) is 4.14. The second-order valence-electron chi connectivity index (χ2n) is 1.55. The second kappa shape index (κ2) is 32.0. The van der Waals surface area contributed by atoms with E-state index < -0.39 is 0 Å². The normalized spacial score (nSPS) is 8.42. The van der Waals surface area contributed by atoms with E-state index in [1.807, 2.05) is 45.1 Å². The number of allylic oxidation sites excluding steroid dienone is 5. The molecular weight excluding hydrogens is 148 g/mol. The molecule has 0 heterocycles. The van der Waals surface area contributed by atoms with Gasteiger partial charge in [0, 0.05) is 14.2 Å². The highest BCUT2D eigenvalue weighted by atomic mass is 16.4.